The number of methoxy groups -OCH3 is 1. The van der Waals surface area contributed by atoms with Crippen molar-refractivity contribution in [1.82, 2.24) is 10.2 Å². The van der Waals surface area contributed by atoms with Gasteiger partial charge in [0.2, 0.25) is 23.6 Å². The third-order valence-corrected chi connectivity index (χ3v) is 6.69. The fraction of sp³-hybridized carbons (Fsp3) is 0.304. The molecular formula is C23H21FN4O5. The van der Waals surface area contributed by atoms with E-state index in [1.54, 1.807) is 24.3 Å². The van der Waals surface area contributed by atoms with Crippen molar-refractivity contribution < 1.29 is 28.3 Å². The number of hydrogen-bond acceptors (Lipinski definition) is 6. The van der Waals surface area contributed by atoms with Crippen LogP contribution in [0.4, 0.5) is 10.1 Å². The summed E-state index contributed by atoms with van der Waals surface area (Å²) in [5.74, 6) is -4.43. The van der Waals surface area contributed by atoms with Gasteiger partial charge >= 0.3 is 0 Å². The molecule has 0 unspecified atom stereocenters. The highest BCUT2D eigenvalue weighted by Gasteiger charge is 2.70. The minimum absolute atomic E-state index is 0.00827. The second-order valence-corrected chi connectivity index (χ2v) is 8.49. The Labute approximate surface area is 188 Å². The molecule has 1 spiro atoms. The van der Waals surface area contributed by atoms with Crippen molar-refractivity contribution in [3.63, 3.8) is 0 Å². The number of hydrogen-bond donors (Lipinski definition) is 3. The van der Waals surface area contributed by atoms with Crippen molar-refractivity contribution in [2.45, 2.75) is 24.5 Å². The zero-order valence-corrected chi connectivity index (χ0v) is 17.6. The van der Waals surface area contributed by atoms with Crippen LogP contribution in [0.15, 0.2) is 42.5 Å². The van der Waals surface area contributed by atoms with Gasteiger partial charge in [-0.3, -0.25) is 29.4 Å². The summed E-state index contributed by atoms with van der Waals surface area (Å²) >= 11 is 0. The summed E-state index contributed by atoms with van der Waals surface area (Å²) in [6.07, 6.45) is -0.254. The Morgan fingerprint density at radius 3 is 2.55 bits per heavy atom. The summed E-state index contributed by atoms with van der Waals surface area (Å²) in [6.45, 7) is -0.00827. The molecule has 4 atom stereocenters. The monoisotopic (exact) mass is 452 g/mol. The number of benzene rings is 2. The zero-order valence-electron chi connectivity index (χ0n) is 17.6. The molecule has 0 bridgehead atoms. The number of rotatable bonds is 5. The van der Waals surface area contributed by atoms with Crippen LogP contribution in [0.5, 0.6) is 5.75 Å². The Kier molecular flexibility index (Phi) is 4.71. The summed E-state index contributed by atoms with van der Waals surface area (Å²) in [4.78, 5) is 53.1. The number of fused-ring (bicyclic) bond motifs is 4. The number of nitrogens with two attached hydrogens (primary N) is 1. The zero-order chi connectivity index (χ0) is 23.5. The van der Waals surface area contributed by atoms with Gasteiger partial charge in [0.25, 0.3) is 0 Å². The minimum Gasteiger partial charge on any atom is -0.497 e. The topological polar surface area (TPSA) is 131 Å². The number of carbonyl (C=O) groups is 4. The molecule has 2 aromatic carbocycles. The van der Waals surface area contributed by atoms with Crippen LogP contribution >= 0.6 is 0 Å². The first-order chi connectivity index (χ1) is 15.8. The molecule has 3 heterocycles. The maximum atomic E-state index is 14.2. The van der Waals surface area contributed by atoms with E-state index < -0.39 is 52.9 Å². The number of ether oxygens (including phenoxy) is 1. The first kappa shape index (κ1) is 21.1. The van der Waals surface area contributed by atoms with Crippen LogP contribution in [0.2, 0.25) is 0 Å². The molecular weight excluding hydrogens is 431 g/mol. The SMILES string of the molecule is COc1ccc(CN2C(=O)[C@H]3[C@@H](C2=O)[C@]2(N[C@@H]3CC(N)=O)C(=O)Nc3ccc(F)cc32)cc1. The minimum atomic E-state index is -1.68. The molecule has 170 valence electrons. The summed E-state index contributed by atoms with van der Waals surface area (Å²) in [7, 11) is 1.53. The van der Waals surface area contributed by atoms with E-state index in [1.807, 2.05) is 0 Å². The summed E-state index contributed by atoms with van der Waals surface area (Å²) < 4.78 is 19.3. The lowest BCUT2D eigenvalue weighted by atomic mass is 9.76. The van der Waals surface area contributed by atoms with Crippen LogP contribution in [-0.2, 0) is 31.3 Å². The molecule has 4 N–H and O–H groups in total. The second kappa shape index (κ2) is 7.38. The second-order valence-electron chi connectivity index (χ2n) is 8.49. The maximum absolute atomic E-state index is 14.2. The summed E-state index contributed by atoms with van der Waals surface area (Å²) in [5, 5.41) is 5.71. The molecule has 0 aromatic heterocycles. The lowest BCUT2D eigenvalue weighted by Crippen LogP contribution is -2.53. The Hall–Kier alpha value is -3.79. The molecule has 3 aliphatic rings. The van der Waals surface area contributed by atoms with E-state index in [2.05, 4.69) is 10.6 Å². The van der Waals surface area contributed by atoms with E-state index in [1.165, 1.54) is 25.3 Å². The molecule has 0 aliphatic carbocycles. The maximum Gasteiger partial charge on any atom is 0.250 e. The van der Waals surface area contributed by atoms with Crippen LogP contribution in [0.25, 0.3) is 0 Å². The molecule has 2 aromatic rings. The third kappa shape index (κ3) is 3.01. The Morgan fingerprint density at radius 2 is 1.88 bits per heavy atom. The molecule has 3 aliphatic heterocycles. The Balaban J connectivity index is 1.57. The van der Waals surface area contributed by atoms with Gasteiger partial charge in [-0.2, -0.15) is 0 Å². The molecule has 0 radical (unpaired) electrons. The van der Waals surface area contributed by atoms with Gasteiger partial charge in [0.15, 0.2) is 0 Å². The first-order valence-corrected chi connectivity index (χ1v) is 10.4. The average Bonchev–Trinajstić information content (AvgIpc) is 3.34. The number of imide groups is 1. The molecule has 2 saturated heterocycles. The number of amides is 4. The van der Waals surface area contributed by atoms with E-state index >= 15 is 0 Å². The molecule has 10 heteroatoms. The van der Waals surface area contributed by atoms with Gasteiger partial charge in [-0.1, -0.05) is 12.1 Å². The first-order valence-electron chi connectivity index (χ1n) is 10.4. The van der Waals surface area contributed by atoms with Gasteiger partial charge in [0, 0.05) is 23.7 Å². The summed E-state index contributed by atoms with van der Waals surface area (Å²) in [5.41, 5.74) is 5.00. The van der Waals surface area contributed by atoms with Gasteiger partial charge in [0.05, 0.1) is 25.5 Å². The number of carbonyl (C=O) groups excluding carboxylic acids is 4. The van der Waals surface area contributed by atoms with E-state index in [-0.39, 0.29) is 18.5 Å². The fourth-order valence-corrected chi connectivity index (χ4v) is 5.29. The Bertz CT molecular complexity index is 1200. The van der Waals surface area contributed by atoms with Crippen LogP contribution in [0, 0.1) is 17.7 Å². The van der Waals surface area contributed by atoms with E-state index in [0.717, 1.165) is 4.90 Å². The van der Waals surface area contributed by atoms with Crippen molar-refractivity contribution in [3.8, 4) is 5.75 Å². The number of halogens is 1. The highest BCUT2D eigenvalue weighted by atomic mass is 19.1. The van der Waals surface area contributed by atoms with Crippen LogP contribution in [0.3, 0.4) is 0 Å². The lowest BCUT2D eigenvalue weighted by molar-refractivity contribution is -0.143. The number of likely N-dealkylation sites (tertiary alicyclic amines) is 1. The van der Waals surface area contributed by atoms with Gasteiger partial charge < -0.3 is 15.8 Å². The predicted molar refractivity (Wildman–Crippen MR) is 113 cm³/mol. The van der Waals surface area contributed by atoms with E-state index in [9.17, 15) is 23.6 Å². The molecule has 4 amide bonds. The normalized spacial score (nSPS) is 27.6. The number of nitrogens with one attached hydrogen (secondary N) is 2. The largest absolute Gasteiger partial charge is 0.497 e. The standard InChI is InChI=1S/C23H21FN4O5/c1-33-13-5-2-11(3-6-13)10-28-20(30)18-16(9-17(25)29)27-23(19(18)21(28)31)14-8-12(24)4-7-15(14)26-22(23)32/h2-8,16,18-19,27H,9-10H2,1H3,(H2,25,29)(H,26,32)/t16-,18-,19+,23+/m1/s1. The number of nitrogens with zero attached hydrogens (tertiary/aromatic N) is 1. The molecule has 9 nitrogen and oxygen atoms in total. The van der Waals surface area contributed by atoms with Crippen molar-refractivity contribution in [3.05, 3.63) is 59.4 Å². The quantitative estimate of drug-likeness (QED) is 0.571. The Morgan fingerprint density at radius 1 is 1.15 bits per heavy atom. The molecule has 0 saturated carbocycles. The molecule has 2 fully saturated rings. The fourth-order valence-electron chi connectivity index (χ4n) is 5.29. The van der Waals surface area contributed by atoms with Crippen molar-refractivity contribution >= 4 is 29.3 Å². The van der Waals surface area contributed by atoms with Gasteiger partial charge in [0.1, 0.15) is 17.1 Å². The lowest BCUT2D eigenvalue weighted by Gasteiger charge is -2.29. The van der Waals surface area contributed by atoms with Gasteiger partial charge in [-0.25, -0.2) is 4.39 Å². The van der Waals surface area contributed by atoms with Crippen LogP contribution in [0.1, 0.15) is 17.5 Å². The van der Waals surface area contributed by atoms with E-state index in [4.69, 9.17) is 10.5 Å². The average molecular weight is 452 g/mol. The van der Waals surface area contributed by atoms with Gasteiger partial charge in [-0.05, 0) is 35.9 Å². The van der Waals surface area contributed by atoms with Crippen molar-refractivity contribution in [2.24, 2.45) is 17.6 Å². The molecule has 33 heavy (non-hydrogen) atoms. The highest BCUT2D eigenvalue weighted by Crippen LogP contribution is 2.53. The molecule has 5 rings (SSSR count). The number of primary amides is 1. The highest BCUT2D eigenvalue weighted by molar-refractivity contribution is 6.15. The summed E-state index contributed by atoms with van der Waals surface area (Å²) in [6, 6.07) is 9.81. The number of anilines is 1. The van der Waals surface area contributed by atoms with Crippen molar-refractivity contribution in [2.75, 3.05) is 12.4 Å². The predicted octanol–water partition coefficient (Wildman–Crippen LogP) is 0.630. The third-order valence-electron chi connectivity index (χ3n) is 6.69. The van der Waals surface area contributed by atoms with Gasteiger partial charge in [-0.15, -0.1) is 0 Å². The van der Waals surface area contributed by atoms with Crippen LogP contribution < -0.4 is 21.1 Å². The van der Waals surface area contributed by atoms with E-state index in [0.29, 0.717) is 17.0 Å². The smallest absolute Gasteiger partial charge is 0.250 e. The van der Waals surface area contributed by atoms with Crippen LogP contribution in [-0.4, -0.2) is 41.7 Å². The van der Waals surface area contributed by atoms with Crippen molar-refractivity contribution in [1.29, 1.82) is 0 Å².